The van der Waals surface area contributed by atoms with Crippen LogP contribution in [0.3, 0.4) is 0 Å². The van der Waals surface area contributed by atoms with Gasteiger partial charge in [-0.05, 0) is 30.9 Å². The zero-order valence-corrected chi connectivity index (χ0v) is 10.8. The predicted octanol–water partition coefficient (Wildman–Crippen LogP) is 2.75. The van der Waals surface area contributed by atoms with Gasteiger partial charge in [-0.2, -0.15) is 0 Å². The lowest BCUT2D eigenvalue weighted by Gasteiger charge is -2.30. The van der Waals surface area contributed by atoms with Gasteiger partial charge in [-0.3, -0.25) is 9.98 Å². The van der Waals surface area contributed by atoms with Crippen LogP contribution in [0.2, 0.25) is 0 Å². The molecule has 1 N–H and O–H groups in total. The molecule has 0 aromatic carbocycles. The van der Waals surface area contributed by atoms with Gasteiger partial charge in [0.1, 0.15) is 5.84 Å². The van der Waals surface area contributed by atoms with Crippen molar-refractivity contribution in [3.63, 3.8) is 0 Å². The van der Waals surface area contributed by atoms with Crippen molar-refractivity contribution >= 4 is 5.84 Å². The Hall–Kier alpha value is -1.38. The highest BCUT2D eigenvalue weighted by molar-refractivity contribution is 5.90. The molecular formula is C15H21N3. The molecule has 0 saturated heterocycles. The fourth-order valence-corrected chi connectivity index (χ4v) is 3.26. The Labute approximate surface area is 109 Å². The quantitative estimate of drug-likeness (QED) is 0.886. The Balaban J connectivity index is 1.87. The minimum atomic E-state index is 0.397. The van der Waals surface area contributed by atoms with E-state index in [4.69, 9.17) is 0 Å². The minimum absolute atomic E-state index is 0.397. The second-order valence-corrected chi connectivity index (χ2v) is 5.32. The van der Waals surface area contributed by atoms with Crippen molar-refractivity contribution in [3.05, 3.63) is 30.1 Å². The van der Waals surface area contributed by atoms with Crippen LogP contribution in [0.25, 0.3) is 0 Å². The number of hydrogen-bond donors (Lipinski definition) is 1. The molecule has 2 heterocycles. The first kappa shape index (κ1) is 11.7. The normalized spacial score (nSPS) is 22.3. The summed E-state index contributed by atoms with van der Waals surface area (Å²) >= 11 is 0. The average molecular weight is 243 g/mol. The van der Waals surface area contributed by atoms with Gasteiger partial charge >= 0.3 is 0 Å². The fraction of sp³-hybridized carbons (Fsp3) is 0.600. The van der Waals surface area contributed by atoms with Crippen LogP contribution >= 0.6 is 0 Å². The van der Waals surface area contributed by atoms with Crippen LogP contribution in [-0.4, -0.2) is 23.9 Å². The van der Waals surface area contributed by atoms with Crippen LogP contribution in [0.1, 0.15) is 43.7 Å². The van der Waals surface area contributed by atoms with Crippen LogP contribution in [-0.2, 0) is 0 Å². The van der Waals surface area contributed by atoms with Gasteiger partial charge in [0.25, 0.3) is 0 Å². The highest BCUT2D eigenvalue weighted by Crippen LogP contribution is 2.36. The summed E-state index contributed by atoms with van der Waals surface area (Å²) < 4.78 is 0. The lowest BCUT2D eigenvalue weighted by atomic mass is 9.77. The number of amidine groups is 1. The van der Waals surface area contributed by atoms with Gasteiger partial charge in [0.05, 0.1) is 18.2 Å². The number of nitrogens with one attached hydrogen (secondary N) is 1. The van der Waals surface area contributed by atoms with Crippen molar-refractivity contribution in [2.45, 2.75) is 38.0 Å². The highest BCUT2D eigenvalue weighted by Gasteiger charge is 2.31. The van der Waals surface area contributed by atoms with E-state index in [9.17, 15) is 0 Å². The molecule has 1 fully saturated rings. The summed E-state index contributed by atoms with van der Waals surface area (Å²) in [5.41, 5.74) is 1.19. The lowest BCUT2D eigenvalue weighted by Crippen LogP contribution is -2.32. The lowest BCUT2D eigenvalue weighted by molar-refractivity contribution is 0.336. The first-order valence-electron chi connectivity index (χ1n) is 7.14. The molecule has 2 aliphatic rings. The van der Waals surface area contributed by atoms with Crippen molar-refractivity contribution in [3.8, 4) is 0 Å². The Kier molecular flexibility index (Phi) is 3.58. The van der Waals surface area contributed by atoms with Crippen molar-refractivity contribution in [1.82, 2.24) is 10.3 Å². The molecule has 1 atom stereocenters. The topological polar surface area (TPSA) is 37.3 Å². The van der Waals surface area contributed by atoms with E-state index >= 15 is 0 Å². The van der Waals surface area contributed by atoms with Gasteiger partial charge in [-0.25, -0.2) is 0 Å². The molecule has 1 unspecified atom stereocenters. The second kappa shape index (κ2) is 5.51. The van der Waals surface area contributed by atoms with Gasteiger partial charge < -0.3 is 5.32 Å². The first-order chi connectivity index (χ1) is 8.95. The summed E-state index contributed by atoms with van der Waals surface area (Å²) in [6.45, 7) is 1.91. The molecule has 1 aromatic heterocycles. The molecule has 3 nitrogen and oxygen atoms in total. The number of nitrogens with zero attached hydrogens (tertiary/aromatic N) is 2. The Morgan fingerprint density at radius 1 is 1.17 bits per heavy atom. The summed E-state index contributed by atoms with van der Waals surface area (Å²) in [5.74, 6) is 2.30. The SMILES string of the molecule is c1ccc(C(C2=NCCN2)C2CCCCC2)nc1. The number of pyridine rings is 1. The fourth-order valence-electron chi connectivity index (χ4n) is 3.26. The molecule has 1 saturated carbocycles. The first-order valence-corrected chi connectivity index (χ1v) is 7.14. The van der Waals surface area contributed by atoms with Crippen LogP contribution in [0, 0.1) is 5.92 Å². The Morgan fingerprint density at radius 2 is 2.06 bits per heavy atom. The second-order valence-electron chi connectivity index (χ2n) is 5.32. The number of rotatable bonds is 3. The van der Waals surface area contributed by atoms with E-state index in [1.54, 1.807) is 0 Å². The van der Waals surface area contributed by atoms with Crippen LogP contribution in [0.4, 0.5) is 0 Å². The van der Waals surface area contributed by atoms with Crippen molar-refractivity contribution < 1.29 is 0 Å². The Morgan fingerprint density at radius 3 is 2.72 bits per heavy atom. The van der Waals surface area contributed by atoms with Crippen molar-refractivity contribution in [1.29, 1.82) is 0 Å². The average Bonchev–Trinajstić information content (AvgIpc) is 2.95. The Bertz CT molecular complexity index is 407. The van der Waals surface area contributed by atoms with Gasteiger partial charge in [-0.1, -0.05) is 25.3 Å². The van der Waals surface area contributed by atoms with Crippen molar-refractivity contribution in [2.75, 3.05) is 13.1 Å². The third-order valence-corrected chi connectivity index (χ3v) is 4.12. The van der Waals surface area contributed by atoms with E-state index in [1.165, 1.54) is 43.6 Å². The summed E-state index contributed by atoms with van der Waals surface area (Å²) in [4.78, 5) is 9.23. The van der Waals surface area contributed by atoms with E-state index in [0.29, 0.717) is 5.92 Å². The molecular weight excluding hydrogens is 222 g/mol. The van der Waals surface area contributed by atoms with E-state index < -0.39 is 0 Å². The third kappa shape index (κ3) is 2.40. The maximum Gasteiger partial charge on any atom is 0.106 e. The molecule has 0 amide bonds. The predicted molar refractivity (Wildman–Crippen MR) is 73.9 cm³/mol. The summed E-state index contributed by atoms with van der Waals surface area (Å²) in [7, 11) is 0. The molecule has 3 rings (SSSR count). The standard InChI is InChI=1S/C15H21N3/c1-2-6-12(7-3-1)14(15-17-10-11-18-15)13-8-4-5-9-16-13/h4-5,8-9,12,14H,1-3,6-7,10-11H2,(H,17,18). The molecule has 0 radical (unpaired) electrons. The molecule has 1 aliphatic heterocycles. The number of aliphatic imine (C=N–C) groups is 1. The van der Waals surface area contributed by atoms with Gasteiger partial charge in [0, 0.05) is 12.7 Å². The van der Waals surface area contributed by atoms with Crippen LogP contribution in [0.15, 0.2) is 29.4 Å². The maximum atomic E-state index is 4.65. The van der Waals surface area contributed by atoms with E-state index in [-0.39, 0.29) is 0 Å². The van der Waals surface area contributed by atoms with E-state index in [0.717, 1.165) is 19.0 Å². The molecule has 18 heavy (non-hydrogen) atoms. The van der Waals surface area contributed by atoms with E-state index in [2.05, 4.69) is 27.4 Å². The van der Waals surface area contributed by atoms with E-state index in [1.807, 2.05) is 12.3 Å². The number of aromatic nitrogens is 1. The largest absolute Gasteiger partial charge is 0.371 e. The summed E-state index contributed by atoms with van der Waals surface area (Å²) in [5, 5.41) is 3.46. The maximum absolute atomic E-state index is 4.65. The monoisotopic (exact) mass is 243 g/mol. The smallest absolute Gasteiger partial charge is 0.106 e. The van der Waals surface area contributed by atoms with Crippen LogP contribution in [0.5, 0.6) is 0 Å². The molecule has 1 aromatic rings. The molecule has 0 bridgehead atoms. The molecule has 0 spiro atoms. The highest BCUT2D eigenvalue weighted by atomic mass is 15.1. The van der Waals surface area contributed by atoms with Crippen LogP contribution < -0.4 is 5.32 Å². The molecule has 3 heteroatoms. The third-order valence-electron chi connectivity index (χ3n) is 4.12. The zero-order chi connectivity index (χ0) is 12.2. The van der Waals surface area contributed by atoms with Gasteiger partial charge in [-0.15, -0.1) is 0 Å². The molecule has 1 aliphatic carbocycles. The number of hydrogen-bond acceptors (Lipinski definition) is 3. The van der Waals surface area contributed by atoms with Gasteiger partial charge in [0.2, 0.25) is 0 Å². The molecule has 96 valence electrons. The summed E-state index contributed by atoms with van der Waals surface area (Å²) in [6.07, 6.45) is 8.67. The zero-order valence-electron chi connectivity index (χ0n) is 10.8. The van der Waals surface area contributed by atoms with Crippen molar-refractivity contribution in [2.24, 2.45) is 10.9 Å². The summed E-state index contributed by atoms with van der Waals surface area (Å²) in [6, 6.07) is 6.24. The van der Waals surface area contributed by atoms with Gasteiger partial charge in [0.15, 0.2) is 0 Å². The minimum Gasteiger partial charge on any atom is -0.371 e.